The third-order valence-electron chi connectivity index (χ3n) is 3.97. The van der Waals surface area contributed by atoms with E-state index in [0.717, 1.165) is 27.7 Å². The molecule has 0 aliphatic carbocycles. The van der Waals surface area contributed by atoms with Crippen molar-refractivity contribution in [1.82, 2.24) is 5.32 Å². The van der Waals surface area contributed by atoms with Gasteiger partial charge in [0.05, 0.1) is 6.61 Å². The van der Waals surface area contributed by atoms with Gasteiger partial charge in [-0.15, -0.1) is 0 Å². The number of alkyl carbamates (subject to hydrolysis) is 1. The summed E-state index contributed by atoms with van der Waals surface area (Å²) in [5, 5.41) is 11.9. The number of carbonyl (C=O) groups excluding carboxylic acids is 5. The highest BCUT2D eigenvalue weighted by atomic mass is 35.6. The van der Waals surface area contributed by atoms with E-state index in [1.54, 1.807) is 0 Å². The number of esters is 3. The quantitative estimate of drug-likeness (QED) is 0.273. The third kappa shape index (κ3) is 7.62. The van der Waals surface area contributed by atoms with Crippen molar-refractivity contribution >= 4 is 64.6 Å². The number of carbonyl (C=O) groups is 5. The number of aliphatic hydroxyl groups excluding tert-OH is 1. The summed E-state index contributed by atoms with van der Waals surface area (Å²) in [6.45, 7) is 2.34. The predicted octanol–water partition coefficient (Wildman–Crippen LogP) is 0.554. The van der Waals surface area contributed by atoms with Crippen LogP contribution >= 0.6 is 34.8 Å². The first kappa shape index (κ1) is 28.2. The molecule has 0 aromatic rings. The maximum Gasteiger partial charge on any atom is 0.407 e. The Balaban J connectivity index is 3.55. The average Bonchev–Trinajstić information content (AvgIpc) is 2.62. The fourth-order valence-corrected chi connectivity index (χ4v) is 3.12. The molecule has 15 heteroatoms. The molecule has 0 saturated carbocycles. The number of alkyl halides is 3. The summed E-state index contributed by atoms with van der Waals surface area (Å²) in [5.74, 6) is -6.38. The lowest BCUT2D eigenvalue weighted by atomic mass is 9.87. The van der Waals surface area contributed by atoms with E-state index in [2.05, 4.69) is 5.32 Å². The van der Waals surface area contributed by atoms with Gasteiger partial charge < -0.3 is 34.1 Å². The zero-order chi connectivity index (χ0) is 24.9. The van der Waals surface area contributed by atoms with Gasteiger partial charge in [-0.1, -0.05) is 34.8 Å². The number of hydrogen-bond acceptors (Lipinski definition) is 11. The minimum absolute atomic E-state index is 0.720. The van der Waals surface area contributed by atoms with Crippen molar-refractivity contribution in [1.29, 1.82) is 0 Å². The van der Waals surface area contributed by atoms with E-state index < -0.39 is 76.9 Å². The maximum atomic E-state index is 12.6. The lowest BCUT2D eigenvalue weighted by molar-refractivity contribution is -0.308. The Morgan fingerprint density at radius 1 is 0.969 bits per heavy atom. The zero-order valence-electron chi connectivity index (χ0n) is 17.4. The van der Waals surface area contributed by atoms with Crippen LogP contribution in [0, 0.1) is 0 Å². The summed E-state index contributed by atoms with van der Waals surface area (Å²) in [5.41, 5.74) is 0. The molecule has 5 atom stereocenters. The number of rotatable bonds is 7. The number of amides is 1. The second-order valence-electron chi connectivity index (χ2n) is 6.62. The number of ketones is 1. The van der Waals surface area contributed by atoms with E-state index in [4.69, 9.17) is 58.5 Å². The van der Waals surface area contributed by atoms with E-state index in [-0.39, 0.29) is 0 Å². The van der Waals surface area contributed by atoms with Crippen molar-refractivity contribution in [2.45, 2.75) is 61.6 Å². The number of hydrogen-bond donors (Lipinski definition) is 2. The van der Waals surface area contributed by atoms with Crippen LogP contribution in [0.4, 0.5) is 4.79 Å². The van der Waals surface area contributed by atoms with Gasteiger partial charge in [-0.2, -0.15) is 0 Å². The Bertz CT molecular complexity index is 757. The third-order valence-corrected chi connectivity index (χ3v) is 4.29. The van der Waals surface area contributed by atoms with Gasteiger partial charge in [-0.3, -0.25) is 19.2 Å². The van der Waals surface area contributed by atoms with Gasteiger partial charge in [0.1, 0.15) is 18.8 Å². The first-order valence-electron chi connectivity index (χ1n) is 8.96. The van der Waals surface area contributed by atoms with Crippen molar-refractivity contribution in [3.05, 3.63) is 0 Å². The minimum atomic E-state index is -2.60. The van der Waals surface area contributed by atoms with Gasteiger partial charge in [-0.05, 0) is 0 Å². The Morgan fingerprint density at radius 2 is 1.50 bits per heavy atom. The summed E-state index contributed by atoms with van der Waals surface area (Å²) < 4.78 is 23.7. The molecule has 1 heterocycles. The fraction of sp³-hybridized carbons (Fsp3) is 0.706. The molecular weight excluding hydrogens is 501 g/mol. The fourth-order valence-electron chi connectivity index (χ4n) is 2.95. The molecule has 0 unspecified atom stereocenters. The molecule has 2 N–H and O–H groups in total. The van der Waals surface area contributed by atoms with Crippen LogP contribution in [0.1, 0.15) is 27.7 Å². The maximum absolute atomic E-state index is 12.6. The monoisotopic (exact) mass is 521 g/mol. The van der Waals surface area contributed by atoms with E-state index in [9.17, 15) is 29.1 Å². The number of halogens is 3. The van der Waals surface area contributed by atoms with Crippen LogP contribution < -0.4 is 5.32 Å². The zero-order valence-corrected chi connectivity index (χ0v) is 19.7. The lowest BCUT2D eigenvalue weighted by Crippen LogP contribution is -2.74. The molecule has 12 nitrogen and oxygen atoms in total. The van der Waals surface area contributed by atoms with Crippen LogP contribution in [0.25, 0.3) is 0 Å². The van der Waals surface area contributed by atoms with Gasteiger partial charge in [0.2, 0.25) is 9.58 Å². The SMILES string of the molecule is CC(=O)O[C@H]1[C@H](OC(C)=O)[C@H](NC(=O)OCC(Cl)(Cl)Cl)[C@](OC(C)=O)(C(C)=O)O[C@@H]1CO. The molecule has 1 saturated heterocycles. The highest BCUT2D eigenvalue weighted by Crippen LogP contribution is 2.36. The summed E-state index contributed by atoms with van der Waals surface area (Å²) in [6, 6.07) is -1.80. The highest BCUT2D eigenvalue weighted by Gasteiger charge is 2.63. The number of nitrogens with one attached hydrogen (secondary N) is 1. The molecule has 1 aliphatic heterocycles. The predicted molar refractivity (Wildman–Crippen MR) is 107 cm³/mol. The summed E-state index contributed by atoms with van der Waals surface area (Å²) >= 11 is 16.6. The smallest absolute Gasteiger partial charge is 0.407 e. The molecule has 0 radical (unpaired) electrons. The summed E-state index contributed by atoms with van der Waals surface area (Å²) in [7, 11) is 0. The molecular formula is C17H22Cl3NO11. The first-order chi connectivity index (χ1) is 14.6. The van der Waals surface area contributed by atoms with Gasteiger partial charge >= 0.3 is 24.0 Å². The molecule has 0 spiro atoms. The van der Waals surface area contributed by atoms with E-state index in [0.29, 0.717) is 0 Å². The van der Waals surface area contributed by atoms with Gasteiger partial charge in [0.25, 0.3) is 5.79 Å². The summed E-state index contributed by atoms with van der Waals surface area (Å²) in [4.78, 5) is 60.1. The van der Waals surface area contributed by atoms with Crippen LogP contribution in [0.15, 0.2) is 0 Å². The van der Waals surface area contributed by atoms with Crippen molar-refractivity contribution in [2.75, 3.05) is 13.2 Å². The van der Waals surface area contributed by atoms with Crippen LogP contribution in [0.3, 0.4) is 0 Å². The minimum Gasteiger partial charge on any atom is -0.456 e. The van der Waals surface area contributed by atoms with Gasteiger partial charge in [-0.25, -0.2) is 4.79 Å². The number of aliphatic hydroxyl groups is 1. The molecule has 1 fully saturated rings. The van der Waals surface area contributed by atoms with E-state index >= 15 is 0 Å². The van der Waals surface area contributed by atoms with Crippen molar-refractivity contribution in [3.63, 3.8) is 0 Å². The van der Waals surface area contributed by atoms with Crippen molar-refractivity contribution in [2.24, 2.45) is 0 Å². The topological polar surface area (TPSA) is 164 Å². The van der Waals surface area contributed by atoms with Crippen molar-refractivity contribution < 1.29 is 52.8 Å². The lowest BCUT2D eigenvalue weighted by Gasteiger charge is -2.49. The Morgan fingerprint density at radius 3 is 1.91 bits per heavy atom. The van der Waals surface area contributed by atoms with Crippen LogP contribution in [0.2, 0.25) is 0 Å². The first-order valence-corrected chi connectivity index (χ1v) is 10.1. The molecule has 1 rings (SSSR count). The van der Waals surface area contributed by atoms with E-state index in [1.165, 1.54) is 0 Å². The number of ether oxygens (including phenoxy) is 5. The molecule has 32 heavy (non-hydrogen) atoms. The molecule has 0 aromatic carbocycles. The van der Waals surface area contributed by atoms with Crippen LogP contribution in [-0.4, -0.2) is 82.0 Å². The largest absolute Gasteiger partial charge is 0.456 e. The molecule has 1 aliphatic rings. The normalized spacial score (nSPS) is 27.6. The number of Topliss-reactive ketones (excluding diaryl/α,β-unsaturated/α-hetero) is 1. The van der Waals surface area contributed by atoms with E-state index in [1.807, 2.05) is 0 Å². The highest BCUT2D eigenvalue weighted by molar-refractivity contribution is 6.67. The molecule has 1 amide bonds. The van der Waals surface area contributed by atoms with Crippen LogP contribution in [-0.2, 0) is 42.9 Å². The van der Waals surface area contributed by atoms with Gasteiger partial charge in [0.15, 0.2) is 12.2 Å². The molecule has 182 valence electrons. The average molecular weight is 523 g/mol. The Hall–Kier alpha value is -1.86. The van der Waals surface area contributed by atoms with Gasteiger partial charge in [0, 0.05) is 27.7 Å². The second-order valence-corrected chi connectivity index (χ2v) is 9.13. The van der Waals surface area contributed by atoms with Crippen molar-refractivity contribution in [3.8, 4) is 0 Å². The Kier molecular flexibility index (Phi) is 9.97. The Labute approximate surface area is 197 Å². The molecule has 0 aromatic heterocycles. The standard InChI is InChI=1S/C17H22Cl3NO11/c1-7(23)17(31-10(4)26)14(21-15(27)28-6-16(18,19)20)13(30-9(3)25)12(29-8(2)24)11(5-22)32-17/h11-14,22H,5-6H2,1-4H3,(H,21,27)/t11-,12-,13+,14+,17+/m1/s1. The second kappa shape index (κ2) is 11.3. The summed E-state index contributed by atoms with van der Waals surface area (Å²) in [6.07, 6.45) is -5.99. The van der Waals surface area contributed by atoms with Crippen LogP contribution in [0.5, 0.6) is 0 Å². The molecule has 0 bridgehead atoms.